The van der Waals surface area contributed by atoms with Crippen LogP contribution in [0.3, 0.4) is 0 Å². The zero-order valence-corrected chi connectivity index (χ0v) is 10.7. The summed E-state index contributed by atoms with van der Waals surface area (Å²) in [5, 5.41) is 17.6. The maximum atomic E-state index is 9.30. The monoisotopic (exact) mass is 246 g/mol. The number of aromatic nitrogens is 3. The van der Waals surface area contributed by atoms with Crippen LogP contribution in [0.5, 0.6) is 5.75 Å². The maximum absolute atomic E-state index is 9.30. The molecule has 0 fully saturated rings. The first kappa shape index (κ1) is 12.6. The summed E-state index contributed by atoms with van der Waals surface area (Å²) in [5.74, 6) is 0.744. The lowest BCUT2D eigenvalue weighted by molar-refractivity contribution is 0.475. The van der Waals surface area contributed by atoms with Crippen molar-refractivity contribution in [3.8, 4) is 11.4 Å². The standard InChI is InChI=1S/C13H18N4O/c1-9(2)7-13-12(8-14)15-16-17(13)10-3-5-11(18)6-4-10/h3-6,9,18H,7-8,14H2,1-2H3. The molecule has 0 amide bonds. The van der Waals surface area contributed by atoms with Crippen molar-refractivity contribution >= 4 is 0 Å². The number of hydrogen-bond acceptors (Lipinski definition) is 4. The highest BCUT2D eigenvalue weighted by molar-refractivity contribution is 5.37. The van der Waals surface area contributed by atoms with Crippen LogP contribution in [-0.2, 0) is 13.0 Å². The average molecular weight is 246 g/mol. The molecule has 1 aromatic heterocycles. The topological polar surface area (TPSA) is 77.0 Å². The van der Waals surface area contributed by atoms with Gasteiger partial charge in [0.25, 0.3) is 0 Å². The molecule has 3 N–H and O–H groups in total. The summed E-state index contributed by atoms with van der Waals surface area (Å²) >= 11 is 0. The van der Waals surface area contributed by atoms with E-state index in [2.05, 4.69) is 24.2 Å². The predicted molar refractivity (Wildman–Crippen MR) is 69.5 cm³/mol. The molecule has 0 saturated carbocycles. The zero-order chi connectivity index (χ0) is 13.1. The lowest BCUT2D eigenvalue weighted by Crippen LogP contribution is -2.09. The van der Waals surface area contributed by atoms with Crippen molar-refractivity contribution in [2.75, 3.05) is 0 Å². The van der Waals surface area contributed by atoms with Crippen molar-refractivity contribution in [2.45, 2.75) is 26.8 Å². The first-order valence-corrected chi connectivity index (χ1v) is 6.04. The van der Waals surface area contributed by atoms with E-state index in [-0.39, 0.29) is 5.75 Å². The van der Waals surface area contributed by atoms with Crippen LogP contribution in [0.25, 0.3) is 5.69 Å². The van der Waals surface area contributed by atoms with Crippen molar-refractivity contribution in [2.24, 2.45) is 11.7 Å². The van der Waals surface area contributed by atoms with Gasteiger partial charge >= 0.3 is 0 Å². The van der Waals surface area contributed by atoms with Crippen molar-refractivity contribution in [3.63, 3.8) is 0 Å². The average Bonchev–Trinajstić information content (AvgIpc) is 2.72. The summed E-state index contributed by atoms with van der Waals surface area (Å²) in [6.45, 7) is 4.68. The van der Waals surface area contributed by atoms with Gasteiger partial charge in [-0.2, -0.15) is 0 Å². The Balaban J connectivity index is 2.43. The fraction of sp³-hybridized carbons (Fsp3) is 0.385. The Labute approximate surface area is 106 Å². The summed E-state index contributed by atoms with van der Waals surface area (Å²) in [7, 11) is 0. The van der Waals surface area contributed by atoms with Crippen LogP contribution in [0.2, 0.25) is 0 Å². The van der Waals surface area contributed by atoms with Crippen LogP contribution in [0.1, 0.15) is 25.2 Å². The second-order valence-electron chi connectivity index (χ2n) is 4.71. The number of phenolic OH excluding ortho intramolecular Hbond substituents is 1. The third-order valence-electron chi connectivity index (χ3n) is 2.73. The third kappa shape index (κ3) is 2.51. The fourth-order valence-electron chi connectivity index (χ4n) is 1.88. The zero-order valence-electron chi connectivity index (χ0n) is 10.7. The first-order chi connectivity index (χ1) is 8.61. The number of nitrogens with zero attached hydrogens (tertiary/aromatic N) is 3. The van der Waals surface area contributed by atoms with Crippen LogP contribution in [-0.4, -0.2) is 20.1 Å². The fourth-order valence-corrected chi connectivity index (χ4v) is 1.88. The summed E-state index contributed by atoms with van der Waals surface area (Å²) < 4.78 is 1.79. The van der Waals surface area contributed by atoms with Gasteiger partial charge in [-0.1, -0.05) is 19.1 Å². The van der Waals surface area contributed by atoms with Crippen LogP contribution >= 0.6 is 0 Å². The van der Waals surface area contributed by atoms with Crippen LogP contribution in [0.4, 0.5) is 0 Å². The van der Waals surface area contributed by atoms with Crippen molar-refractivity contribution in [3.05, 3.63) is 35.7 Å². The quantitative estimate of drug-likeness (QED) is 0.859. The number of benzene rings is 1. The van der Waals surface area contributed by atoms with E-state index < -0.39 is 0 Å². The third-order valence-corrected chi connectivity index (χ3v) is 2.73. The Morgan fingerprint density at radius 1 is 1.28 bits per heavy atom. The van der Waals surface area contributed by atoms with Gasteiger partial charge in [-0.05, 0) is 36.6 Å². The van der Waals surface area contributed by atoms with Gasteiger partial charge in [0.1, 0.15) is 5.75 Å². The van der Waals surface area contributed by atoms with Crippen LogP contribution in [0, 0.1) is 5.92 Å². The lowest BCUT2D eigenvalue weighted by Gasteiger charge is -2.09. The van der Waals surface area contributed by atoms with Gasteiger partial charge in [0.05, 0.1) is 17.1 Å². The van der Waals surface area contributed by atoms with Crippen LogP contribution in [0.15, 0.2) is 24.3 Å². The maximum Gasteiger partial charge on any atom is 0.115 e. The minimum absolute atomic E-state index is 0.239. The Bertz CT molecular complexity index is 516. The summed E-state index contributed by atoms with van der Waals surface area (Å²) in [5.41, 5.74) is 8.44. The van der Waals surface area contributed by atoms with E-state index >= 15 is 0 Å². The molecule has 0 bridgehead atoms. The lowest BCUT2D eigenvalue weighted by atomic mass is 10.1. The number of nitrogens with two attached hydrogens (primary N) is 1. The SMILES string of the molecule is CC(C)Cc1c(CN)nnn1-c1ccc(O)cc1. The Kier molecular flexibility index (Phi) is 3.62. The van der Waals surface area contributed by atoms with Crippen molar-refractivity contribution in [1.29, 1.82) is 0 Å². The molecule has 0 aliphatic heterocycles. The molecular formula is C13H18N4O. The van der Waals surface area contributed by atoms with Gasteiger partial charge in [0.2, 0.25) is 0 Å². The Morgan fingerprint density at radius 2 is 1.94 bits per heavy atom. The molecule has 0 unspecified atom stereocenters. The molecule has 96 valence electrons. The summed E-state index contributed by atoms with van der Waals surface area (Å²) in [6, 6.07) is 6.90. The molecule has 0 aliphatic carbocycles. The molecule has 0 aliphatic rings. The van der Waals surface area contributed by atoms with E-state index in [1.165, 1.54) is 0 Å². The number of hydrogen-bond donors (Lipinski definition) is 2. The van der Waals surface area contributed by atoms with Crippen molar-refractivity contribution in [1.82, 2.24) is 15.0 Å². The van der Waals surface area contributed by atoms with Gasteiger partial charge in [-0.3, -0.25) is 0 Å². The molecule has 0 spiro atoms. The smallest absolute Gasteiger partial charge is 0.115 e. The minimum atomic E-state index is 0.239. The van der Waals surface area contributed by atoms with Gasteiger partial charge in [-0.15, -0.1) is 5.10 Å². The van der Waals surface area contributed by atoms with E-state index in [1.54, 1.807) is 16.8 Å². The Morgan fingerprint density at radius 3 is 2.50 bits per heavy atom. The summed E-state index contributed by atoms with van der Waals surface area (Å²) in [6.07, 6.45) is 0.875. The number of aromatic hydroxyl groups is 1. The van der Waals surface area contributed by atoms with E-state index in [4.69, 9.17) is 5.73 Å². The molecule has 0 radical (unpaired) electrons. The molecule has 1 aromatic carbocycles. The molecule has 1 heterocycles. The highest BCUT2D eigenvalue weighted by Gasteiger charge is 2.14. The van der Waals surface area contributed by atoms with Gasteiger partial charge in [0, 0.05) is 6.54 Å². The number of phenols is 1. The summed E-state index contributed by atoms with van der Waals surface area (Å²) in [4.78, 5) is 0. The minimum Gasteiger partial charge on any atom is -0.508 e. The molecule has 0 atom stereocenters. The number of rotatable bonds is 4. The second-order valence-corrected chi connectivity index (χ2v) is 4.71. The molecule has 18 heavy (non-hydrogen) atoms. The van der Waals surface area contributed by atoms with Gasteiger partial charge in [0.15, 0.2) is 0 Å². The van der Waals surface area contributed by atoms with E-state index in [0.717, 1.165) is 23.5 Å². The van der Waals surface area contributed by atoms with E-state index in [0.29, 0.717) is 12.5 Å². The first-order valence-electron chi connectivity index (χ1n) is 6.04. The molecule has 5 heteroatoms. The van der Waals surface area contributed by atoms with Crippen LogP contribution < -0.4 is 5.73 Å². The van der Waals surface area contributed by atoms with E-state index in [1.807, 2.05) is 12.1 Å². The van der Waals surface area contributed by atoms with E-state index in [9.17, 15) is 5.11 Å². The van der Waals surface area contributed by atoms with Gasteiger partial charge < -0.3 is 10.8 Å². The van der Waals surface area contributed by atoms with Crippen molar-refractivity contribution < 1.29 is 5.11 Å². The highest BCUT2D eigenvalue weighted by atomic mass is 16.3. The normalized spacial score (nSPS) is 11.1. The highest BCUT2D eigenvalue weighted by Crippen LogP contribution is 2.18. The molecular weight excluding hydrogens is 228 g/mol. The molecule has 2 aromatic rings. The predicted octanol–water partition coefficient (Wildman–Crippen LogP) is 1.63. The second kappa shape index (κ2) is 5.18. The molecule has 5 nitrogen and oxygen atoms in total. The Hall–Kier alpha value is -1.88. The molecule has 2 rings (SSSR count). The largest absolute Gasteiger partial charge is 0.508 e. The van der Waals surface area contributed by atoms with Gasteiger partial charge in [-0.25, -0.2) is 4.68 Å². The molecule has 0 saturated heterocycles.